The van der Waals surface area contributed by atoms with Gasteiger partial charge in [-0.3, -0.25) is 0 Å². The number of esters is 1. The number of rotatable bonds is 5. The fourth-order valence-corrected chi connectivity index (χ4v) is 3.29. The largest absolute Gasteiger partial charge is 0.465 e. The smallest absolute Gasteiger partial charge is 0.341 e. The minimum Gasteiger partial charge on any atom is -0.465 e. The summed E-state index contributed by atoms with van der Waals surface area (Å²) in [6, 6.07) is 2.33. The highest BCUT2D eigenvalue weighted by atomic mass is 16.5. The van der Waals surface area contributed by atoms with E-state index in [0.29, 0.717) is 29.8 Å². The number of carbonyl (C=O) groups excluding carboxylic acids is 1. The number of furan rings is 1. The van der Waals surface area contributed by atoms with Crippen molar-refractivity contribution in [3.05, 3.63) is 23.2 Å². The van der Waals surface area contributed by atoms with Gasteiger partial charge in [-0.15, -0.1) is 0 Å². The van der Waals surface area contributed by atoms with Crippen LogP contribution in [0.3, 0.4) is 0 Å². The summed E-state index contributed by atoms with van der Waals surface area (Å²) in [5, 5.41) is 3.56. The first-order valence-electron chi connectivity index (χ1n) is 7.47. The molecule has 1 fully saturated rings. The summed E-state index contributed by atoms with van der Waals surface area (Å²) in [6.07, 6.45) is 3.79. The number of hydrogen-bond donors (Lipinski definition) is 1. The minimum atomic E-state index is -0.335. The maximum Gasteiger partial charge on any atom is 0.341 e. The summed E-state index contributed by atoms with van der Waals surface area (Å²) in [6.45, 7) is 7.05. The summed E-state index contributed by atoms with van der Waals surface area (Å²) in [4.78, 5) is 11.5. The summed E-state index contributed by atoms with van der Waals surface area (Å²) >= 11 is 0. The van der Waals surface area contributed by atoms with Crippen LogP contribution < -0.4 is 5.32 Å². The van der Waals surface area contributed by atoms with E-state index >= 15 is 0 Å². The number of hydrogen-bond acceptors (Lipinski definition) is 4. The van der Waals surface area contributed by atoms with Crippen molar-refractivity contribution in [3.63, 3.8) is 0 Å². The van der Waals surface area contributed by atoms with Gasteiger partial charge in [0.25, 0.3) is 0 Å². The van der Waals surface area contributed by atoms with Gasteiger partial charge in [0, 0.05) is 6.04 Å². The minimum absolute atomic E-state index is 0.335. The van der Waals surface area contributed by atoms with Gasteiger partial charge in [-0.1, -0.05) is 20.3 Å². The zero-order chi connectivity index (χ0) is 14.7. The van der Waals surface area contributed by atoms with Crippen LogP contribution in [-0.4, -0.2) is 19.1 Å². The fraction of sp³-hybridized carbons (Fsp3) is 0.688. The first-order valence-corrected chi connectivity index (χ1v) is 7.47. The number of aryl methyl sites for hydroxylation is 1. The second kappa shape index (κ2) is 6.44. The van der Waals surface area contributed by atoms with Gasteiger partial charge >= 0.3 is 5.97 Å². The third kappa shape index (κ3) is 3.06. The Morgan fingerprint density at radius 2 is 2.25 bits per heavy atom. The lowest BCUT2D eigenvalue weighted by Gasteiger charge is -2.20. The number of methoxy groups -OCH3 is 1. The second-order valence-corrected chi connectivity index (χ2v) is 5.77. The van der Waals surface area contributed by atoms with Gasteiger partial charge in [0.05, 0.1) is 13.7 Å². The lowest BCUT2D eigenvalue weighted by Crippen LogP contribution is -2.32. The van der Waals surface area contributed by atoms with Crippen LogP contribution in [-0.2, 0) is 11.3 Å². The molecule has 0 aromatic carbocycles. The van der Waals surface area contributed by atoms with E-state index in [1.165, 1.54) is 26.4 Å². The zero-order valence-corrected chi connectivity index (χ0v) is 12.9. The Morgan fingerprint density at radius 1 is 1.50 bits per heavy atom. The van der Waals surface area contributed by atoms with E-state index in [1.54, 1.807) is 13.0 Å². The Kier molecular flexibility index (Phi) is 4.86. The molecule has 0 aliphatic heterocycles. The highest BCUT2D eigenvalue weighted by Crippen LogP contribution is 2.34. The predicted octanol–water partition coefficient (Wildman–Crippen LogP) is 3.29. The van der Waals surface area contributed by atoms with E-state index in [0.717, 1.165) is 11.7 Å². The third-order valence-corrected chi connectivity index (χ3v) is 4.66. The first-order chi connectivity index (χ1) is 9.56. The van der Waals surface area contributed by atoms with Gasteiger partial charge in [-0.25, -0.2) is 4.79 Å². The van der Waals surface area contributed by atoms with Crippen molar-refractivity contribution in [3.8, 4) is 0 Å². The Balaban J connectivity index is 1.93. The van der Waals surface area contributed by atoms with E-state index < -0.39 is 0 Å². The molecular formula is C16H25NO3. The van der Waals surface area contributed by atoms with Crippen LogP contribution >= 0.6 is 0 Å². The van der Waals surface area contributed by atoms with Crippen molar-refractivity contribution in [2.45, 2.75) is 52.6 Å². The molecule has 20 heavy (non-hydrogen) atoms. The highest BCUT2D eigenvalue weighted by molar-refractivity contribution is 5.90. The normalized spacial score (nSPS) is 25.9. The van der Waals surface area contributed by atoms with Crippen molar-refractivity contribution >= 4 is 5.97 Å². The fourth-order valence-electron chi connectivity index (χ4n) is 3.29. The molecule has 1 aromatic rings. The van der Waals surface area contributed by atoms with Crippen molar-refractivity contribution in [2.75, 3.05) is 7.11 Å². The van der Waals surface area contributed by atoms with E-state index in [-0.39, 0.29) is 5.97 Å². The highest BCUT2D eigenvalue weighted by Gasteiger charge is 2.31. The number of nitrogens with one attached hydrogen (secondary N) is 1. The van der Waals surface area contributed by atoms with Crippen LogP contribution in [0.1, 0.15) is 55.0 Å². The van der Waals surface area contributed by atoms with Crippen molar-refractivity contribution in [1.82, 2.24) is 5.32 Å². The molecular weight excluding hydrogens is 254 g/mol. The lowest BCUT2D eigenvalue weighted by molar-refractivity contribution is 0.0599. The Hall–Kier alpha value is -1.29. The van der Waals surface area contributed by atoms with E-state index in [4.69, 9.17) is 9.15 Å². The van der Waals surface area contributed by atoms with Crippen LogP contribution in [0.25, 0.3) is 0 Å². The molecule has 1 aliphatic carbocycles. The van der Waals surface area contributed by atoms with Gasteiger partial charge in [0.2, 0.25) is 0 Å². The Bertz CT molecular complexity index is 466. The zero-order valence-electron chi connectivity index (χ0n) is 12.9. The van der Waals surface area contributed by atoms with Crippen LogP contribution in [0.4, 0.5) is 0 Å². The summed E-state index contributed by atoms with van der Waals surface area (Å²) < 4.78 is 10.4. The molecule has 1 saturated carbocycles. The molecule has 2 rings (SSSR count). The number of carbonyl (C=O) groups is 1. The number of ether oxygens (including phenoxy) is 1. The molecule has 1 N–H and O–H groups in total. The van der Waals surface area contributed by atoms with Gasteiger partial charge in [0.15, 0.2) is 0 Å². The molecule has 1 heterocycles. The summed E-state index contributed by atoms with van der Waals surface area (Å²) in [5.41, 5.74) is 0.523. The van der Waals surface area contributed by atoms with Crippen molar-refractivity contribution < 1.29 is 13.9 Å². The van der Waals surface area contributed by atoms with E-state index in [9.17, 15) is 4.79 Å². The standard InChI is InChI=1S/C16H25NO3/c1-5-12-6-7-15(10(12)2)17-9-13-8-14(11(3)20-13)16(18)19-4/h8,10,12,15,17H,5-7,9H2,1-4H3. The molecule has 0 saturated heterocycles. The molecule has 4 nitrogen and oxygen atoms in total. The lowest BCUT2D eigenvalue weighted by atomic mass is 9.93. The monoisotopic (exact) mass is 279 g/mol. The average Bonchev–Trinajstić information content (AvgIpc) is 2.99. The SMILES string of the molecule is CCC1CCC(NCc2cc(C(=O)OC)c(C)o2)C1C. The first kappa shape index (κ1) is 15.1. The van der Waals surface area contributed by atoms with Crippen LogP contribution in [0.15, 0.2) is 10.5 Å². The van der Waals surface area contributed by atoms with Crippen molar-refractivity contribution in [1.29, 1.82) is 0 Å². The average molecular weight is 279 g/mol. The summed E-state index contributed by atoms with van der Waals surface area (Å²) in [7, 11) is 1.39. The molecule has 0 spiro atoms. The predicted molar refractivity (Wildman–Crippen MR) is 77.6 cm³/mol. The van der Waals surface area contributed by atoms with Gasteiger partial charge in [0.1, 0.15) is 17.1 Å². The molecule has 112 valence electrons. The van der Waals surface area contributed by atoms with E-state index in [1.807, 2.05) is 0 Å². The van der Waals surface area contributed by atoms with Crippen molar-refractivity contribution in [2.24, 2.45) is 11.8 Å². The molecule has 0 bridgehead atoms. The topological polar surface area (TPSA) is 51.5 Å². The maximum atomic E-state index is 11.5. The molecule has 0 radical (unpaired) electrons. The van der Waals surface area contributed by atoms with Gasteiger partial charge in [-0.05, 0) is 37.7 Å². The Morgan fingerprint density at radius 3 is 2.85 bits per heavy atom. The van der Waals surface area contributed by atoms with E-state index in [2.05, 4.69) is 19.2 Å². The van der Waals surface area contributed by atoms with Gasteiger partial charge in [-0.2, -0.15) is 0 Å². The molecule has 0 amide bonds. The molecule has 3 atom stereocenters. The van der Waals surface area contributed by atoms with Crippen LogP contribution in [0.2, 0.25) is 0 Å². The molecule has 1 aromatic heterocycles. The molecule has 4 heteroatoms. The van der Waals surface area contributed by atoms with Crippen LogP contribution in [0, 0.1) is 18.8 Å². The Labute approximate surface area is 120 Å². The molecule has 1 aliphatic rings. The van der Waals surface area contributed by atoms with Gasteiger partial charge < -0.3 is 14.5 Å². The quantitative estimate of drug-likeness (QED) is 0.840. The summed E-state index contributed by atoms with van der Waals surface area (Å²) in [5.74, 6) is 2.62. The molecule has 3 unspecified atom stereocenters. The van der Waals surface area contributed by atoms with Crippen LogP contribution in [0.5, 0.6) is 0 Å². The maximum absolute atomic E-state index is 11.5. The third-order valence-electron chi connectivity index (χ3n) is 4.66. The second-order valence-electron chi connectivity index (χ2n) is 5.77.